The number of hydrogen-bond donors (Lipinski definition) is 2. The molecule has 0 saturated carbocycles. The molecule has 114 valence electrons. The molecular formula is C10H23NO7P+. The molecule has 0 fully saturated rings. The van der Waals surface area contributed by atoms with Gasteiger partial charge < -0.3 is 19.2 Å². The molecule has 2 N–H and O–H groups in total. The van der Waals surface area contributed by atoms with Crippen LogP contribution in [0.1, 0.15) is 6.92 Å². The number of rotatable bonds is 9. The minimum absolute atomic E-state index is 0.0502. The van der Waals surface area contributed by atoms with E-state index in [1.54, 1.807) is 0 Å². The van der Waals surface area contributed by atoms with Crippen molar-refractivity contribution in [2.24, 2.45) is 0 Å². The van der Waals surface area contributed by atoms with Crippen LogP contribution in [0.15, 0.2) is 0 Å². The molecular weight excluding hydrogens is 277 g/mol. The third-order valence-electron chi connectivity index (χ3n) is 1.98. The zero-order valence-corrected chi connectivity index (χ0v) is 12.6. The third kappa shape index (κ3) is 11.1. The zero-order chi connectivity index (χ0) is 15.1. The summed E-state index contributed by atoms with van der Waals surface area (Å²) in [5, 5.41) is 8.88. The molecule has 0 aromatic rings. The molecule has 0 saturated heterocycles. The van der Waals surface area contributed by atoms with Crippen molar-refractivity contribution in [2.45, 2.75) is 13.0 Å². The van der Waals surface area contributed by atoms with Crippen molar-refractivity contribution in [1.82, 2.24) is 0 Å². The van der Waals surface area contributed by atoms with Crippen molar-refractivity contribution < 1.29 is 37.6 Å². The van der Waals surface area contributed by atoms with Crippen LogP contribution in [0.4, 0.5) is 0 Å². The van der Waals surface area contributed by atoms with Gasteiger partial charge in [-0.1, -0.05) is 0 Å². The first-order valence-electron chi connectivity index (χ1n) is 5.76. The van der Waals surface area contributed by atoms with Crippen LogP contribution in [0.25, 0.3) is 0 Å². The number of ether oxygens (including phenoxy) is 1. The first-order valence-corrected chi connectivity index (χ1v) is 7.26. The van der Waals surface area contributed by atoms with Gasteiger partial charge in [0.05, 0.1) is 34.4 Å². The Kier molecular flexibility index (Phi) is 7.73. The molecule has 0 aromatic carbocycles. The van der Waals surface area contributed by atoms with E-state index in [4.69, 9.17) is 9.63 Å². The Morgan fingerprint density at radius 3 is 2.32 bits per heavy atom. The van der Waals surface area contributed by atoms with Gasteiger partial charge in [-0.05, 0) is 0 Å². The Hall–Kier alpha value is -0.500. The maximum Gasteiger partial charge on any atom is 0.472 e. The molecule has 2 atom stereocenters. The number of carbonyl (C=O) groups is 1. The van der Waals surface area contributed by atoms with Gasteiger partial charge in [-0.15, -0.1) is 0 Å². The molecule has 9 heteroatoms. The van der Waals surface area contributed by atoms with Crippen molar-refractivity contribution in [3.05, 3.63) is 0 Å². The first kappa shape index (κ1) is 18.5. The Morgan fingerprint density at radius 2 is 1.89 bits per heavy atom. The van der Waals surface area contributed by atoms with Crippen LogP contribution >= 0.6 is 7.82 Å². The lowest BCUT2D eigenvalue weighted by molar-refractivity contribution is -0.870. The molecule has 0 aromatic heterocycles. The Balaban J connectivity index is 4.07. The number of hydrogen-bond acceptors (Lipinski definition) is 6. The van der Waals surface area contributed by atoms with E-state index < -0.39 is 33.1 Å². The van der Waals surface area contributed by atoms with E-state index in [0.717, 1.165) is 0 Å². The lowest BCUT2D eigenvalue weighted by Gasteiger charge is -2.24. The molecule has 0 bridgehead atoms. The number of phosphoric ester groups is 1. The Morgan fingerprint density at radius 1 is 1.32 bits per heavy atom. The van der Waals surface area contributed by atoms with Crippen LogP contribution in [0.2, 0.25) is 0 Å². The highest BCUT2D eigenvalue weighted by Crippen LogP contribution is 2.43. The molecule has 1 unspecified atom stereocenters. The van der Waals surface area contributed by atoms with E-state index in [9.17, 15) is 14.3 Å². The highest BCUT2D eigenvalue weighted by molar-refractivity contribution is 7.47. The summed E-state index contributed by atoms with van der Waals surface area (Å²) < 4.78 is 26.1. The average molecular weight is 300 g/mol. The maximum atomic E-state index is 11.5. The van der Waals surface area contributed by atoms with Gasteiger partial charge in [-0.25, -0.2) is 4.57 Å². The molecule has 0 aliphatic heterocycles. The van der Waals surface area contributed by atoms with Crippen LogP contribution in [0.5, 0.6) is 0 Å². The fourth-order valence-corrected chi connectivity index (χ4v) is 1.74. The second-order valence-electron chi connectivity index (χ2n) is 5.03. The minimum Gasteiger partial charge on any atom is -0.458 e. The van der Waals surface area contributed by atoms with E-state index in [1.807, 2.05) is 21.1 Å². The van der Waals surface area contributed by atoms with Gasteiger partial charge in [-0.2, -0.15) is 0 Å². The van der Waals surface area contributed by atoms with Crippen LogP contribution < -0.4 is 0 Å². The summed E-state index contributed by atoms with van der Waals surface area (Å²) in [6.07, 6.45) is -0.986. The molecule has 0 radical (unpaired) electrons. The average Bonchev–Trinajstić information content (AvgIpc) is 2.21. The molecule has 0 rings (SSSR count). The smallest absolute Gasteiger partial charge is 0.458 e. The van der Waals surface area contributed by atoms with Gasteiger partial charge in [0.25, 0.3) is 0 Å². The van der Waals surface area contributed by atoms with Crippen molar-refractivity contribution >= 4 is 13.8 Å². The summed E-state index contributed by atoms with van der Waals surface area (Å²) in [7, 11) is 1.53. The highest BCUT2D eigenvalue weighted by Gasteiger charge is 2.25. The topological polar surface area (TPSA) is 102 Å². The fraction of sp³-hybridized carbons (Fsp3) is 0.900. The minimum atomic E-state index is -4.20. The van der Waals surface area contributed by atoms with E-state index in [2.05, 4.69) is 9.26 Å². The quantitative estimate of drug-likeness (QED) is 0.344. The lowest BCUT2D eigenvalue weighted by atomic mass is 10.4. The van der Waals surface area contributed by atoms with Crippen LogP contribution in [0.3, 0.4) is 0 Å². The second-order valence-corrected chi connectivity index (χ2v) is 6.48. The normalized spacial score (nSPS) is 16.7. The van der Waals surface area contributed by atoms with E-state index >= 15 is 0 Å². The molecule has 0 aliphatic rings. The zero-order valence-electron chi connectivity index (χ0n) is 11.7. The Labute approximate surface area is 113 Å². The number of esters is 1. The van der Waals surface area contributed by atoms with Crippen LogP contribution in [-0.2, 0) is 23.1 Å². The SMILES string of the molecule is CC(=O)O[C@@H](CO)COP(=O)(O)OCC[N+](C)(C)C. The summed E-state index contributed by atoms with van der Waals surface area (Å²) in [6, 6.07) is 0. The van der Waals surface area contributed by atoms with Gasteiger partial charge >= 0.3 is 13.8 Å². The number of aliphatic hydroxyl groups is 1. The number of nitrogens with zero attached hydrogens (tertiary/aromatic N) is 1. The monoisotopic (exact) mass is 300 g/mol. The van der Waals surface area contributed by atoms with Gasteiger partial charge in [0.2, 0.25) is 0 Å². The van der Waals surface area contributed by atoms with Gasteiger partial charge in [-0.3, -0.25) is 13.8 Å². The summed E-state index contributed by atoms with van der Waals surface area (Å²) in [6.45, 7) is 0.835. The van der Waals surface area contributed by atoms with Crippen molar-refractivity contribution in [1.29, 1.82) is 0 Å². The number of carbonyl (C=O) groups excluding carboxylic acids is 1. The summed E-state index contributed by atoms with van der Waals surface area (Å²) in [5.74, 6) is -0.610. The number of quaternary nitrogens is 1. The molecule has 19 heavy (non-hydrogen) atoms. The summed E-state index contributed by atoms with van der Waals surface area (Å²) >= 11 is 0. The molecule has 0 spiro atoms. The van der Waals surface area contributed by atoms with Crippen molar-refractivity contribution in [2.75, 3.05) is 47.5 Å². The van der Waals surface area contributed by atoms with Crippen LogP contribution in [0, 0.1) is 0 Å². The highest BCUT2D eigenvalue weighted by atomic mass is 31.2. The number of phosphoric acid groups is 1. The first-order chi connectivity index (χ1) is 8.56. The largest absolute Gasteiger partial charge is 0.472 e. The third-order valence-corrected chi connectivity index (χ3v) is 2.96. The van der Waals surface area contributed by atoms with Gasteiger partial charge in [0.1, 0.15) is 19.3 Å². The standard InChI is InChI=1S/C10H22NO7P/c1-9(13)18-10(7-12)8-17-19(14,15)16-6-5-11(2,3)4/h10,12H,5-8H2,1-4H3/p+1/t10-/m0/s1. The molecule has 0 amide bonds. The van der Waals surface area contributed by atoms with E-state index in [-0.39, 0.29) is 6.61 Å². The van der Waals surface area contributed by atoms with E-state index in [1.165, 1.54) is 6.92 Å². The maximum absolute atomic E-state index is 11.5. The number of aliphatic hydroxyl groups excluding tert-OH is 1. The summed E-state index contributed by atoms with van der Waals surface area (Å²) in [5.41, 5.74) is 0. The summed E-state index contributed by atoms with van der Waals surface area (Å²) in [4.78, 5) is 20.0. The Bertz CT molecular complexity index is 328. The molecule has 0 heterocycles. The molecule has 0 aliphatic carbocycles. The van der Waals surface area contributed by atoms with Crippen LogP contribution in [-0.4, -0.2) is 74.1 Å². The van der Waals surface area contributed by atoms with E-state index in [0.29, 0.717) is 11.0 Å². The predicted molar refractivity (Wildman–Crippen MR) is 67.3 cm³/mol. The van der Waals surface area contributed by atoms with Crippen molar-refractivity contribution in [3.63, 3.8) is 0 Å². The van der Waals surface area contributed by atoms with Gasteiger partial charge in [0, 0.05) is 6.92 Å². The predicted octanol–water partition coefficient (Wildman–Crippen LogP) is -0.250. The number of likely N-dealkylation sites (N-methyl/N-ethyl adjacent to an activating group) is 1. The second kappa shape index (κ2) is 7.94. The van der Waals surface area contributed by atoms with Gasteiger partial charge in [0.15, 0.2) is 0 Å². The lowest BCUT2D eigenvalue weighted by Crippen LogP contribution is -2.37. The van der Waals surface area contributed by atoms with Crippen molar-refractivity contribution in [3.8, 4) is 0 Å². The molecule has 8 nitrogen and oxygen atoms in total. The fourth-order valence-electron chi connectivity index (χ4n) is 1.00.